The zero-order valence-corrected chi connectivity index (χ0v) is 13.3. The van der Waals surface area contributed by atoms with Crippen LogP contribution in [0.15, 0.2) is 6.20 Å². The first-order chi connectivity index (χ1) is 10.2. The van der Waals surface area contributed by atoms with Gasteiger partial charge in [-0.1, -0.05) is 0 Å². The highest BCUT2D eigenvalue weighted by atomic mass is 32.2. The second-order valence-electron chi connectivity index (χ2n) is 5.16. The van der Waals surface area contributed by atoms with E-state index in [4.69, 9.17) is 0 Å². The molecule has 1 aromatic rings. The molecule has 2 amide bonds. The second-order valence-corrected chi connectivity index (χ2v) is 6.99. The van der Waals surface area contributed by atoms with Gasteiger partial charge in [0.25, 0.3) is 0 Å². The topological polar surface area (TPSA) is 113 Å². The lowest BCUT2D eigenvalue weighted by atomic mass is 10.3. The van der Waals surface area contributed by atoms with E-state index in [2.05, 4.69) is 15.0 Å². The molecule has 0 aliphatic carbocycles. The standard InChI is InChI=1S/C12H19N5O4S/c1-9(18)13-6-12(19)17-4-3-16-7-10(15-11(16)8-17)5-14-22(2,20)21/h7,14H,3-6,8H2,1-2H3,(H,13,18). The molecular formula is C12H19N5O4S. The van der Waals surface area contributed by atoms with Crippen LogP contribution in [0.4, 0.5) is 0 Å². The number of hydrogen-bond donors (Lipinski definition) is 2. The van der Waals surface area contributed by atoms with Crippen LogP contribution in [0, 0.1) is 0 Å². The maximum absolute atomic E-state index is 12.0. The SMILES string of the molecule is CC(=O)NCC(=O)N1CCn2cc(CNS(C)(=O)=O)nc2C1. The van der Waals surface area contributed by atoms with Gasteiger partial charge in [-0.05, 0) is 0 Å². The van der Waals surface area contributed by atoms with Crippen LogP contribution in [-0.2, 0) is 39.2 Å². The van der Waals surface area contributed by atoms with Crippen LogP contribution in [0.3, 0.4) is 0 Å². The summed E-state index contributed by atoms with van der Waals surface area (Å²) in [6.07, 6.45) is 2.87. The lowest BCUT2D eigenvalue weighted by Crippen LogP contribution is -2.43. The molecule has 0 radical (unpaired) electrons. The molecule has 22 heavy (non-hydrogen) atoms. The van der Waals surface area contributed by atoms with Crippen molar-refractivity contribution in [1.82, 2.24) is 24.5 Å². The average molecular weight is 329 g/mol. The highest BCUT2D eigenvalue weighted by molar-refractivity contribution is 7.88. The summed E-state index contributed by atoms with van der Waals surface area (Å²) in [4.78, 5) is 28.7. The van der Waals surface area contributed by atoms with E-state index in [0.717, 1.165) is 6.26 Å². The Morgan fingerprint density at radius 3 is 2.73 bits per heavy atom. The Balaban J connectivity index is 1.97. The van der Waals surface area contributed by atoms with Gasteiger partial charge in [-0.15, -0.1) is 0 Å². The van der Waals surface area contributed by atoms with E-state index < -0.39 is 10.0 Å². The molecule has 0 spiro atoms. The van der Waals surface area contributed by atoms with E-state index in [1.54, 1.807) is 11.1 Å². The van der Waals surface area contributed by atoms with Crippen LogP contribution in [0.25, 0.3) is 0 Å². The third kappa shape index (κ3) is 4.53. The number of rotatable bonds is 5. The van der Waals surface area contributed by atoms with Crippen molar-refractivity contribution in [2.45, 2.75) is 26.6 Å². The maximum Gasteiger partial charge on any atom is 0.242 e. The highest BCUT2D eigenvalue weighted by Crippen LogP contribution is 2.13. The molecule has 2 rings (SSSR count). The Morgan fingerprint density at radius 1 is 1.36 bits per heavy atom. The normalized spacial score (nSPS) is 14.5. The van der Waals surface area contributed by atoms with Gasteiger partial charge in [0.15, 0.2) is 0 Å². The van der Waals surface area contributed by atoms with Crippen LogP contribution in [-0.4, -0.2) is 54.0 Å². The van der Waals surface area contributed by atoms with Crippen LogP contribution >= 0.6 is 0 Å². The van der Waals surface area contributed by atoms with Crippen molar-refractivity contribution in [3.8, 4) is 0 Å². The highest BCUT2D eigenvalue weighted by Gasteiger charge is 2.22. The van der Waals surface area contributed by atoms with Crippen LogP contribution < -0.4 is 10.0 Å². The van der Waals surface area contributed by atoms with Crippen molar-refractivity contribution in [2.24, 2.45) is 0 Å². The summed E-state index contributed by atoms with van der Waals surface area (Å²) in [5, 5.41) is 2.47. The lowest BCUT2D eigenvalue weighted by molar-refractivity contribution is -0.133. The van der Waals surface area contributed by atoms with Crippen molar-refractivity contribution in [1.29, 1.82) is 0 Å². The fourth-order valence-electron chi connectivity index (χ4n) is 2.13. The third-order valence-corrected chi connectivity index (χ3v) is 3.88. The number of carbonyl (C=O) groups is 2. The van der Waals surface area contributed by atoms with Crippen molar-refractivity contribution >= 4 is 21.8 Å². The molecule has 0 saturated heterocycles. The average Bonchev–Trinajstić information content (AvgIpc) is 2.83. The second kappa shape index (κ2) is 6.44. The molecule has 9 nitrogen and oxygen atoms in total. The molecule has 0 aromatic carbocycles. The van der Waals surface area contributed by atoms with E-state index in [-0.39, 0.29) is 24.9 Å². The molecule has 2 N–H and O–H groups in total. The number of hydrogen-bond acceptors (Lipinski definition) is 5. The first-order valence-electron chi connectivity index (χ1n) is 6.76. The molecule has 0 saturated carbocycles. The molecule has 0 unspecified atom stereocenters. The molecule has 0 bridgehead atoms. The number of fused-ring (bicyclic) bond motifs is 1. The molecular weight excluding hydrogens is 310 g/mol. The molecule has 2 heterocycles. The van der Waals surface area contributed by atoms with E-state index >= 15 is 0 Å². The summed E-state index contributed by atoms with van der Waals surface area (Å²) in [6.45, 7) is 2.92. The minimum Gasteiger partial charge on any atom is -0.347 e. The first kappa shape index (κ1) is 16.4. The van der Waals surface area contributed by atoms with Crippen molar-refractivity contribution in [2.75, 3.05) is 19.3 Å². The molecule has 1 aliphatic heterocycles. The van der Waals surface area contributed by atoms with Gasteiger partial charge in [-0.2, -0.15) is 0 Å². The van der Waals surface area contributed by atoms with Gasteiger partial charge >= 0.3 is 0 Å². The van der Waals surface area contributed by atoms with Gasteiger partial charge in [-0.25, -0.2) is 18.1 Å². The number of nitrogens with zero attached hydrogens (tertiary/aromatic N) is 3. The van der Waals surface area contributed by atoms with Gasteiger partial charge in [0.1, 0.15) is 5.82 Å². The van der Waals surface area contributed by atoms with Gasteiger partial charge in [0.05, 0.1) is 31.6 Å². The van der Waals surface area contributed by atoms with Crippen molar-refractivity contribution < 1.29 is 18.0 Å². The van der Waals surface area contributed by atoms with Gasteiger partial charge in [-0.3, -0.25) is 9.59 Å². The predicted molar refractivity (Wildman–Crippen MR) is 78.0 cm³/mol. The zero-order valence-electron chi connectivity index (χ0n) is 12.5. The fourth-order valence-corrected chi connectivity index (χ4v) is 2.54. The number of imidazole rings is 1. The third-order valence-electron chi connectivity index (χ3n) is 3.21. The summed E-state index contributed by atoms with van der Waals surface area (Å²) in [7, 11) is -3.27. The Morgan fingerprint density at radius 2 is 2.09 bits per heavy atom. The Bertz CT molecular complexity index is 682. The molecule has 10 heteroatoms. The van der Waals surface area contributed by atoms with E-state index in [9.17, 15) is 18.0 Å². The molecule has 122 valence electrons. The van der Waals surface area contributed by atoms with E-state index in [1.165, 1.54) is 6.92 Å². The predicted octanol–water partition coefficient (Wildman–Crippen LogP) is -1.59. The summed E-state index contributed by atoms with van der Waals surface area (Å²) in [6, 6.07) is 0. The Labute approximate surface area is 128 Å². The smallest absolute Gasteiger partial charge is 0.242 e. The minimum absolute atomic E-state index is 0.0292. The number of amides is 2. The number of carbonyl (C=O) groups excluding carboxylic acids is 2. The van der Waals surface area contributed by atoms with Crippen LogP contribution in [0.1, 0.15) is 18.4 Å². The van der Waals surface area contributed by atoms with E-state index in [0.29, 0.717) is 31.2 Å². The summed E-state index contributed by atoms with van der Waals surface area (Å²) >= 11 is 0. The van der Waals surface area contributed by atoms with Crippen molar-refractivity contribution in [3.05, 3.63) is 17.7 Å². The molecule has 0 fully saturated rings. The summed E-state index contributed by atoms with van der Waals surface area (Å²) in [5.41, 5.74) is 0.608. The van der Waals surface area contributed by atoms with Crippen molar-refractivity contribution in [3.63, 3.8) is 0 Å². The van der Waals surface area contributed by atoms with Gasteiger partial charge in [0.2, 0.25) is 21.8 Å². The van der Waals surface area contributed by atoms with Crippen LogP contribution in [0.2, 0.25) is 0 Å². The number of aromatic nitrogens is 2. The quantitative estimate of drug-likeness (QED) is 0.676. The molecule has 1 aliphatic rings. The summed E-state index contributed by atoms with van der Waals surface area (Å²) in [5.74, 6) is 0.286. The Kier molecular flexibility index (Phi) is 4.81. The lowest BCUT2D eigenvalue weighted by Gasteiger charge is -2.27. The largest absolute Gasteiger partial charge is 0.347 e. The van der Waals surface area contributed by atoms with E-state index in [1.807, 2.05) is 4.57 Å². The van der Waals surface area contributed by atoms with Crippen LogP contribution in [0.5, 0.6) is 0 Å². The molecule has 0 atom stereocenters. The van der Waals surface area contributed by atoms with Gasteiger partial charge in [0, 0.05) is 26.2 Å². The Hall–Kier alpha value is -1.94. The number of nitrogens with one attached hydrogen (secondary N) is 2. The zero-order chi connectivity index (χ0) is 16.3. The molecule has 1 aromatic heterocycles. The fraction of sp³-hybridized carbons (Fsp3) is 0.583. The minimum atomic E-state index is -3.27. The first-order valence-corrected chi connectivity index (χ1v) is 8.65. The number of sulfonamides is 1. The maximum atomic E-state index is 12.0. The van der Waals surface area contributed by atoms with Gasteiger partial charge < -0.3 is 14.8 Å². The summed E-state index contributed by atoms with van der Waals surface area (Å²) < 4.78 is 26.5. The monoisotopic (exact) mass is 329 g/mol.